The molecule has 0 bridgehead atoms. The number of Topliss-reactive ketones (excluding diaryl/α,β-unsaturated/α-hetero) is 1. The highest BCUT2D eigenvalue weighted by atomic mass is 35.5. The molecule has 190 valence electrons. The number of benzene rings is 2. The lowest BCUT2D eigenvalue weighted by Gasteiger charge is -2.18. The van der Waals surface area contributed by atoms with Gasteiger partial charge < -0.3 is 24.3 Å². The van der Waals surface area contributed by atoms with Gasteiger partial charge in [0.2, 0.25) is 6.04 Å². The molecule has 0 aromatic heterocycles. The van der Waals surface area contributed by atoms with Crippen molar-refractivity contribution < 1.29 is 28.5 Å². The van der Waals surface area contributed by atoms with Gasteiger partial charge in [0, 0.05) is 12.1 Å². The number of anilines is 1. The molecule has 2 aromatic rings. The monoisotopic (exact) mass is 525 g/mol. The van der Waals surface area contributed by atoms with Crippen molar-refractivity contribution in [3.05, 3.63) is 34.3 Å². The molecule has 0 saturated carbocycles. The highest BCUT2D eigenvalue weighted by molar-refractivity contribution is 6.33. The zero-order valence-corrected chi connectivity index (χ0v) is 21.8. The van der Waals surface area contributed by atoms with Gasteiger partial charge in [0.25, 0.3) is 5.91 Å². The third-order valence-electron chi connectivity index (χ3n) is 4.41. The first kappa shape index (κ1) is 28.2. The molecule has 0 aliphatic rings. The number of nitrogens with zero attached hydrogens (tertiary/aromatic N) is 2. The summed E-state index contributed by atoms with van der Waals surface area (Å²) in [6.45, 7) is 9.82. The van der Waals surface area contributed by atoms with Gasteiger partial charge in [0.1, 0.15) is 11.4 Å². The quantitative estimate of drug-likeness (QED) is 0.244. The molecule has 1 atom stereocenters. The maximum Gasteiger partial charge on any atom is 0.258 e. The zero-order valence-electron chi connectivity index (χ0n) is 20.3. The minimum Gasteiger partial charge on any atom is -0.494 e. The van der Waals surface area contributed by atoms with Crippen LogP contribution in [0.2, 0.25) is 10.0 Å². The summed E-state index contributed by atoms with van der Waals surface area (Å²) in [6.07, 6.45) is 0. The second-order valence-electron chi connectivity index (χ2n) is 6.96. The lowest BCUT2D eigenvalue weighted by atomic mass is 10.2. The van der Waals surface area contributed by atoms with Gasteiger partial charge in [-0.1, -0.05) is 23.2 Å². The molecule has 0 aliphatic heterocycles. The van der Waals surface area contributed by atoms with Crippen LogP contribution in [-0.2, 0) is 9.59 Å². The molecule has 1 unspecified atom stereocenters. The van der Waals surface area contributed by atoms with Crippen LogP contribution < -0.4 is 24.3 Å². The minimum atomic E-state index is -1.44. The molecule has 0 aliphatic carbocycles. The second kappa shape index (κ2) is 13.7. The normalized spacial score (nSPS) is 11.7. The Bertz CT molecular complexity index is 1080. The van der Waals surface area contributed by atoms with E-state index in [0.29, 0.717) is 42.9 Å². The van der Waals surface area contributed by atoms with Crippen molar-refractivity contribution in [1.29, 1.82) is 0 Å². The van der Waals surface area contributed by atoms with Crippen LogP contribution in [0.15, 0.2) is 34.5 Å². The summed E-state index contributed by atoms with van der Waals surface area (Å²) in [6, 6.07) is 4.83. The van der Waals surface area contributed by atoms with Crippen molar-refractivity contribution in [2.45, 2.75) is 40.7 Å². The first-order chi connectivity index (χ1) is 16.8. The summed E-state index contributed by atoms with van der Waals surface area (Å²) >= 11 is 12.5. The zero-order chi connectivity index (χ0) is 26.0. The molecule has 1 amide bonds. The van der Waals surface area contributed by atoms with Crippen molar-refractivity contribution in [2.75, 3.05) is 31.7 Å². The minimum absolute atomic E-state index is 0.224. The van der Waals surface area contributed by atoms with E-state index in [2.05, 4.69) is 15.5 Å². The number of nitrogens with one attached hydrogen (secondary N) is 1. The number of halogens is 2. The standard InChI is InChI=1S/C24H29Cl2N3O6/c1-6-32-15-12-17(26)21(33-7-2)19(13-15)28-29-20(14(5)30)24(31)27-18-11-10-16(25)22(34-8-3)23(18)35-9-4/h10-13,20H,6-9H2,1-5H3,(H,27,31). The third kappa shape index (κ3) is 7.47. The van der Waals surface area contributed by atoms with Crippen LogP contribution in [0.4, 0.5) is 11.4 Å². The van der Waals surface area contributed by atoms with Crippen LogP contribution in [0, 0.1) is 0 Å². The predicted molar refractivity (Wildman–Crippen MR) is 135 cm³/mol. The molecule has 0 spiro atoms. The number of hydrogen-bond acceptors (Lipinski definition) is 8. The molecule has 0 heterocycles. The summed E-state index contributed by atoms with van der Waals surface area (Å²) < 4.78 is 22.3. The van der Waals surface area contributed by atoms with E-state index in [0.717, 1.165) is 0 Å². The topological polar surface area (TPSA) is 108 Å². The number of carbonyl (C=O) groups is 2. The summed E-state index contributed by atoms with van der Waals surface area (Å²) in [5, 5.41) is 11.4. The molecule has 9 nitrogen and oxygen atoms in total. The SMILES string of the molecule is CCOc1cc(Cl)c(OCC)c(N=NC(C(C)=O)C(=O)Nc2ccc(Cl)c(OCC)c2OCC)c1. The number of rotatable bonds is 13. The van der Waals surface area contributed by atoms with Gasteiger partial charge in [-0.15, -0.1) is 0 Å². The van der Waals surface area contributed by atoms with E-state index in [9.17, 15) is 9.59 Å². The Kier molecular flexibility index (Phi) is 11.1. The third-order valence-corrected chi connectivity index (χ3v) is 4.99. The summed E-state index contributed by atoms with van der Waals surface area (Å²) in [7, 11) is 0. The van der Waals surface area contributed by atoms with Crippen LogP contribution in [0.25, 0.3) is 0 Å². The fourth-order valence-electron chi connectivity index (χ4n) is 3.01. The highest BCUT2D eigenvalue weighted by Crippen LogP contribution is 2.42. The number of hydrogen-bond donors (Lipinski definition) is 1. The largest absolute Gasteiger partial charge is 0.494 e. The van der Waals surface area contributed by atoms with E-state index in [1.54, 1.807) is 45.0 Å². The van der Waals surface area contributed by atoms with Gasteiger partial charge in [0.05, 0.1) is 42.2 Å². The maximum absolute atomic E-state index is 13.0. The van der Waals surface area contributed by atoms with Crippen molar-refractivity contribution in [1.82, 2.24) is 0 Å². The van der Waals surface area contributed by atoms with E-state index < -0.39 is 17.7 Å². The highest BCUT2D eigenvalue weighted by Gasteiger charge is 2.26. The van der Waals surface area contributed by atoms with E-state index in [1.807, 2.05) is 6.92 Å². The molecule has 2 aromatic carbocycles. The Morgan fingerprint density at radius 1 is 0.857 bits per heavy atom. The molecule has 11 heteroatoms. The van der Waals surface area contributed by atoms with Crippen LogP contribution >= 0.6 is 23.2 Å². The number of carbonyl (C=O) groups excluding carboxylic acids is 2. The van der Waals surface area contributed by atoms with Crippen molar-refractivity contribution in [3.8, 4) is 23.0 Å². The molecular weight excluding hydrogens is 497 g/mol. The average Bonchev–Trinajstić information content (AvgIpc) is 2.80. The lowest BCUT2D eigenvalue weighted by molar-refractivity contribution is -0.126. The van der Waals surface area contributed by atoms with Crippen molar-refractivity contribution >= 4 is 46.3 Å². The first-order valence-corrected chi connectivity index (χ1v) is 11.9. The molecule has 0 saturated heterocycles. The van der Waals surface area contributed by atoms with Crippen LogP contribution in [-0.4, -0.2) is 44.2 Å². The average molecular weight is 526 g/mol. The molecule has 35 heavy (non-hydrogen) atoms. The van der Waals surface area contributed by atoms with Crippen LogP contribution in [0.3, 0.4) is 0 Å². The Hall–Kier alpha value is -3.04. The van der Waals surface area contributed by atoms with Gasteiger partial charge >= 0.3 is 0 Å². The fourth-order valence-corrected chi connectivity index (χ4v) is 3.47. The maximum atomic E-state index is 13.0. The van der Waals surface area contributed by atoms with Crippen LogP contribution in [0.1, 0.15) is 34.6 Å². The van der Waals surface area contributed by atoms with Crippen molar-refractivity contribution in [3.63, 3.8) is 0 Å². The van der Waals surface area contributed by atoms with E-state index in [4.69, 9.17) is 42.1 Å². The second-order valence-corrected chi connectivity index (χ2v) is 7.77. The summed E-state index contributed by atoms with van der Waals surface area (Å²) in [5.41, 5.74) is 0.504. The number of azo groups is 1. The smallest absolute Gasteiger partial charge is 0.258 e. The Labute approximate surface area is 214 Å². The van der Waals surface area contributed by atoms with Gasteiger partial charge in [-0.2, -0.15) is 10.2 Å². The van der Waals surface area contributed by atoms with Gasteiger partial charge in [-0.05, 0) is 46.8 Å². The lowest BCUT2D eigenvalue weighted by Crippen LogP contribution is -2.32. The van der Waals surface area contributed by atoms with Gasteiger partial charge in [0.15, 0.2) is 23.0 Å². The summed E-state index contributed by atoms with van der Waals surface area (Å²) in [5.74, 6) is 0.0273. The van der Waals surface area contributed by atoms with E-state index in [1.165, 1.54) is 6.92 Å². The number of ether oxygens (including phenoxy) is 4. The van der Waals surface area contributed by atoms with Crippen LogP contribution in [0.5, 0.6) is 23.0 Å². The fraction of sp³-hybridized carbons (Fsp3) is 0.417. The van der Waals surface area contributed by atoms with Gasteiger partial charge in [-0.25, -0.2) is 0 Å². The Balaban J connectivity index is 2.41. The molecular formula is C24H29Cl2N3O6. The predicted octanol–water partition coefficient (Wildman–Crippen LogP) is 6.27. The molecule has 0 fully saturated rings. The number of amides is 1. The van der Waals surface area contributed by atoms with Gasteiger partial charge in [-0.3, -0.25) is 9.59 Å². The molecule has 0 radical (unpaired) electrons. The molecule has 2 rings (SSSR count). The first-order valence-electron chi connectivity index (χ1n) is 11.2. The number of ketones is 1. The Morgan fingerprint density at radius 2 is 1.46 bits per heavy atom. The van der Waals surface area contributed by atoms with Crippen molar-refractivity contribution in [2.24, 2.45) is 10.2 Å². The molecule has 1 N–H and O–H groups in total. The Morgan fingerprint density at radius 3 is 2.06 bits per heavy atom. The summed E-state index contributed by atoms with van der Waals surface area (Å²) in [4.78, 5) is 25.3. The van der Waals surface area contributed by atoms with E-state index in [-0.39, 0.29) is 27.9 Å². The van der Waals surface area contributed by atoms with E-state index >= 15 is 0 Å².